The Morgan fingerprint density at radius 2 is 1.74 bits per heavy atom. The molecule has 2 aromatic carbocycles. The molecule has 0 bridgehead atoms. The third-order valence-electron chi connectivity index (χ3n) is 2.73. The van der Waals surface area contributed by atoms with Crippen molar-refractivity contribution >= 4 is 27.8 Å². The molecule has 1 aromatic heterocycles. The van der Waals surface area contributed by atoms with Gasteiger partial charge in [-0.15, -0.1) is 11.3 Å². The van der Waals surface area contributed by atoms with Gasteiger partial charge in [-0.25, -0.2) is 19.9 Å². The molecule has 0 radical (unpaired) electrons. The molecule has 2 N–H and O–H groups in total. The van der Waals surface area contributed by atoms with Gasteiger partial charge in [0.2, 0.25) is 0 Å². The zero-order chi connectivity index (χ0) is 17.2. The van der Waals surface area contributed by atoms with Gasteiger partial charge in [-0.3, -0.25) is 0 Å². The molecule has 23 heavy (non-hydrogen) atoms. The summed E-state index contributed by atoms with van der Waals surface area (Å²) in [6.07, 6.45) is 1.59. The fourth-order valence-corrected chi connectivity index (χ4v) is 2.84. The van der Waals surface area contributed by atoms with Crippen LogP contribution in [-0.2, 0) is 0 Å². The van der Waals surface area contributed by atoms with Gasteiger partial charge >= 0.3 is 0 Å². The van der Waals surface area contributed by atoms with E-state index in [2.05, 4.69) is 23.2 Å². The molecule has 0 aliphatic carbocycles. The number of nitriles is 2. The van der Waals surface area contributed by atoms with Crippen LogP contribution in [0.4, 0.5) is 4.39 Å². The Kier molecular flexibility index (Phi) is 6.86. The summed E-state index contributed by atoms with van der Waals surface area (Å²) in [5, 5.41) is 17.4. The highest BCUT2D eigenvalue weighted by Gasteiger charge is 2.06. The molecule has 0 saturated heterocycles. The number of rotatable bonds is 2. The molecule has 0 unspecified atom stereocenters. The van der Waals surface area contributed by atoms with E-state index in [0.717, 1.165) is 26.4 Å². The fourth-order valence-electron chi connectivity index (χ4n) is 1.82. The van der Waals surface area contributed by atoms with Crippen LogP contribution < -0.4 is 5.84 Å². The van der Waals surface area contributed by atoms with Crippen molar-refractivity contribution in [3.63, 3.8) is 0 Å². The number of fused-ring (bicyclic) bond motifs is 1. The summed E-state index contributed by atoms with van der Waals surface area (Å²) in [6.45, 7) is 7.00. The molecule has 3 aromatic rings. The van der Waals surface area contributed by atoms with E-state index in [0.29, 0.717) is 0 Å². The van der Waals surface area contributed by atoms with E-state index in [1.165, 1.54) is 12.1 Å². The van der Waals surface area contributed by atoms with Crippen LogP contribution in [0.25, 0.3) is 20.8 Å². The van der Waals surface area contributed by atoms with Crippen LogP contribution >= 0.6 is 11.3 Å². The van der Waals surface area contributed by atoms with E-state index in [9.17, 15) is 4.39 Å². The Balaban J connectivity index is 0.000000615. The number of hydrogen-bond acceptors (Lipinski definition) is 6. The first-order chi connectivity index (χ1) is 11.3. The average Bonchev–Trinajstić information content (AvgIpc) is 3.03. The lowest BCUT2D eigenvalue weighted by molar-refractivity contribution is 0.628. The number of hydrazone groups is 1. The highest BCUT2D eigenvalue weighted by atomic mass is 32.1. The van der Waals surface area contributed by atoms with Gasteiger partial charge in [-0.05, 0) is 42.0 Å². The van der Waals surface area contributed by atoms with Crippen LogP contribution in [0.3, 0.4) is 0 Å². The minimum absolute atomic E-state index is 0.244. The second-order valence-electron chi connectivity index (χ2n) is 4.03. The summed E-state index contributed by atoms with van der Waals surface area (Å²) < 4.78 is 14.0. The first-order valence-corrected chi connectivity index (χ1v) is 6.99. The van der Waals surface area contributed by atoms with Crippen molar-refractivity contribution in [1.82, 2.24) is 4.98 Å². The molecule has 0 aliphatic heterocycles. The summed E-state index contributed by atoms with van der Waals surface area (Å²) in [6, 6.07) is 12.2. The maximum atomic E-state index is 12.9. The zero-order valence-corrected chi connectivity index (χ0v) is 12.7. The molecule has 3 rings (SSSR count). The second-order valence-corrected chi connectivity index (χ2v) is 5.06. The summed E-state index contributed by atoms with van der Waals surface area (Å²) in [4.78, 5) is 4.53. The fraction of sp³-hybridized carbons (Fsp3) is 0. The molecule has 0 saturated carbocycles. The lowest BCUT2D eigenvalue weighted by Gasteiger charge is -1.94. The lowest BCUT2D eigenvalue weighted by Crippen LogP contribution is -1.85. The van der Waals surface area contributed by atoms with E-state index >= 15 is 0 Å². The first-order valence-electron chi connectivity index (χ1n) is 6.18. The van der Waals surface area contributed by atoms with E-state index in [1.54, 1.807) is 29.7 Å². The Bertz CT molecular complexity index is 828. The SMILES string of the molecule is C#N.C#N.NN=Cc1ccc2nc(-c3ccc(F)cc3)sc2c1. The van der Waals surface area contributed by atoms with Gasteiger partial charge in [0.15, 0.2) is 0 Å². The molecule has 1 heterocycles. The minimum atomic E-state index is -0.244. The number of nitrogens with zero attached hydrogens (tertiary/aromatic N) is 4. The molecular weight excluding hydrogens is 313 g/mol. The summed E-state index contributed by atoms with van der Waals surface area (Å²) in [5.41, 5.74) is 2.76. The van der Waals surface area contributed by atoms with Crippen LogP contribution in [0, 0.1) is 29.5 Å². The van der Waals surface area contributed by atoms with Gasteiger partial charge in [-0.2, -0.15) is 5.10 Å². The highest BCUT2D eigenvalue weighted by Crippen LogP contribution is 2.30. The molecule has 5 nitrogen and oxygen atoms in total. The molecule has 0 fully saturated rings. The van der Waals surface area contributed by atoms with Crippen LogP contribution in [0.5, 0.6) is 0 Å². The predicted octanol–water partition coefficient (Wildman–Crippen LogP) is 3.67. The van der Waals surface area contributed by atoms with Gasteiger partial charge in [-0.1, -0.05) is 6.07 Å². The van der Waals surface area contributed by atoms with Crippen molar-refractivity contribution in [1.29, 1.82) is 10.5 Å². The van der Waals surface area contributed by atoms with Gasteiger partial charge in [0.1, 0.15) is 10.8 Å². The Morgan fingerprint density at radius 1 is 1.09 bits per heavy atom. The number of nitrogens with two attached hydrogens (primary N) is 1. The van der Waals surface area contributed by atoms with Crippen molar-refractivity contribution in [3.05, 3.63) is 53.8 Å². The average molecular weight is 325 g/mol. The largest absolute Gasteiger partial charge is 0.323 e. The topological polar surface area (TPSA) is 98.8 Å². The van der Waals surface area contributed by atoms with Gasteiger partial charge in [0.25, 0.3) is 0 Å². The Labute approximate surface area is 136 Å². The normalized spacial score (nSPS) is 9.61. The molecule has 0 aliphatic rings. The van der Waals surface area contributed by atoms with E-state index in [4.69, 9.17) is 16.4 Å². The van der Waals surface area contributed by atoms with Crippen LogP contribution in [0.15, 0.2) is 47.6 Å². The third-order valence-corrected chi connectivity index (χ3v) is 3.79. The maximum absolute atomic E-state index is 12.9. The quantitative estimate of drug-likeness (QED) is 0.441. The number of thiazole rings is 1. The number of hydrogen-bond donors (Lipinski definition) is 1. The van der Waals surface area contributed by atoms with E-state index in [-0.39, 0.29) is 5.82 Å². The smallest absolute Gasteiger partial charge is 0.124 e. The number of halogens is 1. The number of benzene rings is 2. The minimum Gasteiger partial charge on any atom is -0.323 e. The standard InChI is InChI=1S/C14H10FN3S.2CHN/c15-11-4-2-10(3-5-11)14-18-12-6-1-9(8-17-16)7-13(12)19-14;2*1-2/h1-8H,16H2;2*1H. The summed E-state index contributed by atoms with van der Waals surface area (Å²) >= 11 is 1.56. The van der Waals surface area contributed by atoms with Gasteiger partial charge < -0.3 is 5.84 Å². The number of aromatic nitrogens is 1. The lowest BCUT2D eigenvalue weighted by atomic mass is 10.2. The third kappa shape index (κ3) is 4.34. The Morgan fingerprint density at radius 3 is 2.35 bits per heavy atom. The summed E-state index contributed by atoms with van der Waals surface area (Å²) in [5.74, 6) is 4.89. The van der Waals surface area contributed by atoms with Crippen molar-refractivity contribution < 1.29 is 4.39 Å². The van der Waals surface area contributed by atoms with E-state index < -0.39 is 0 Å². The predicted molar refractivity (Wildman–Crippen MR) is 90.1 cm³/mol. The van der Waals surface area contributed by atoms with Crippen LogP contribution in [0.2, 0.25) is 0 Å². The zero-order valence-electron chi connectivity index (χ0n) is 11.9. The monoisotopic (exact) mass is 325 g/mol. The van der Waals surface area contributed by atoms with Crippen molar-refractivity contribution in [2.45, 2.75) is 0 Å². The molecular formula is C16H12FN5S. The summed E-state index contributed by atoms with van der Waals surface area (Å²) in [7, 11) is 0. The maximum Gasteiger partial charge on any atom is 0.124 e. The molecule has 0 amide bonds. The molecule has 114 valence electrons. The van der Waals surface area contributed by atoms with Crippen LogP contribution in [-0.4, -0.2) is 11.2 Å². The highest BCUT2D eigenvalue weighted by molar-refractivity contribution is 7.21. The molecule has 7 heteroatoms. The van der Waals surface area contributed by atoms with Crippen molar-refractivity contribution in [3.8, 4) is 23.7 Å². The van der Waals surface area contributed by atoms with E-state index in [1.807, 2.05) is 18.2 Å². The first kappa shape index (κ1) is 17.8. The van der Waals surface area contributed by atoms with Crippen molar-refractivity contribution in [2.75, 3.05) is 0 Å². The Hall–Kier alpha value is -3.29. The molecule has 0 atom stereocenters. The van der Waals surface area contributed by atoms with Gasteiger partial charge in [0.05, 0.1) is 16.4 Å². The van der Waals surface area contributed by atoms with Crippen LogP contribution in [0.1, 0.15) is 5.56 Å². The van der Waals surface area contributed by atoms with Crippen molar-refractivity contribution in [2.24, 2.45) is 10.9 Å². The van der Waals surface area contributed by atoms with Gasteiger partial charge in [0, 0.05) is 18.7 Å². The second kappa shape index (κ2) is 8.88. The molecule has 0 spiro atoms.